The summed E-state index contributed by atoms with van der Waals surface area (Å²) in [7, 11) is 0. The Balaban J connectivity index is 2.94. The van der Waals surface area contributed by atoms with Crippen LogP contribution < -0.4 is 5.73 Å². The molecule has 0 aliphatic heterocycles. The summed E-state index contributed by atoms with van der Waals surface area (Å²) in [5.41, 5.74) is 8.11. The minimum absolute atomic E-state index is 0.0993. The highest BCUT2D eigenvalue weighted by Gasteiger charge is 2.26. The molecular formula is C12H19NO. The van der Waals surface area contributed by atoms with Crippen LogP contribution in [0, 0.1) is 12.3 Å². The second kappa shape index (κ2) is 4.11. The van der Waals surface area contributed by atoms with Crippen LogP contribution in [0.25, 0.3) is 0 Å². The zero-order chi connectivity index (χ0) is 10.8. The maximum absolute atomic E-state index is 9.22. The lowest BCUT2D eigenvalue weighted by Gasteiger charge is -2.29. The predicted molar refractivity (Wildman–Crippen MR) is 59.0 cm³/mol. The van der Waals surface area contributed by atoms with Gasteiger partial charge in [-0.05, 0) is 12.5 Å². The molecule has 2 nitrogen and oxygen atoms in total. The van der Waals surface area contributed by atoms with Crippen molar-refractivity contribution in [2.45, 2.75) is 26.8 Å². The zero-order valence-electron chi connectivity index (χ0n) is 9.12. The second-order valence-corrected chi connectivity index (χ2v) is 4.54. The van der Waals surface area contributed by atoms with E-state index in [4.69, 9.17) is 5.73 Å². The van der Waals surface area contributed by atoms with Crippen LogP contribution in [-0.4, -0.2) is 11.7 Å². The van der Waals surface area contributed by atoms with E-state index in [0.29, 0.717) is 0 Å². The first-order valence-corrected chi connectivity index (χ1v) is 4.90. The predicted octanol–water partition coefficient (Wildman–Crippen LogP) is 2.01. The van der Waals surface area contributed by atoms with Crippen molar-refractivity contribution in [3.63, 3.8) is 0 Å². The van der Waals surface area contributed by atoms with E-state index in [-0.39, 0.29) is 18.1 Å². The third kappa shape index (κ3) is 2.34. The Kier molecular flexibility index (Phi) is 3.29. The lowest BCUT2D eigenvalue weighted by Crippen LogP contribution is -2.32. The Morgan fingerprint density at radius 2 is 2.07 bits per heavy atom. The van der Waals surface area contributed by atoms with E-state index in [1.165, 1.54) is 5.56 Å². The van der Waals surface area contributed by atoms with E-state index in [0.717, 1.165) is 5.56 Å². The standard InChI is InChI=1S/C12H19NO/c1-9-5-4-6-10(7-9)11(13)12(2,3)8-14/h4-7,11,14H,8,13H2,1-3H3/t11-/m0/s1. The molecule has 0 amide bonds. The quantitative estimate of drug-likeness (QED) is 0.771. The number of aryl methyl sites for hydroxylation is 1. The molecular weight excluding hydrogens is 174 g/mol. The fraction of sp³-hybridized carbons (Fsp3) is 0.500. The number of aliphatic hydroxyl groups is 1. The molecule has 0 spiro atoms. The van der Waals surface area contributed by atoms with Crippen molar-refractivity contribution in [3.8, 4) is 0 Å². The van der Waals surface area contributed by atoms with Gasteiger partial charge in [0, 0.05) is 18.1 Å². The van der Waals surface area contributed by atoms with E-state index in [2.05, 4.69) is 6.07 Å². The smallest absolute Gasteiger partial charge is 0.0500 e. The Bertz CT molecular complexity index is 307. The van der Waals surface area contributed by atoms with Crippen LogP contribution in [0.1, 0.15) is 31.0 Å². The van der Waals surface area contributed by atoms with E-state index in [9.17, 15) is 5.11 Å². The van der Waals surface area contributed by atoms with Crippen molar-refractivity contribution in [1.29, 1.82) is 0 Å². The summed E-state index contributed by atoms with van der Waals surface area (Å²) < 4.78 is 0. The second-order valence-electron chi connectivity index (χ2n) is 4.54. The molecule has 0 saturated carbocycles. The SMILES string of the molecule is Cc1cccc([C@H](N)C(C)(C)CO)c1. The van der Waals surface area contributed by atoms with Gasteiger partial charge in [0.05, 0.1) is 0 Å². The fourth-order valence-corrected chi connectivity index (χ4v) is 1.41. The summed E-state index contributed by atoms with van der Waals surface area (Å²) in [6.45, 7) is 6.09. The van der Waals surface area contributed by atoms with E-state index < -0.39 is 0 Å². The first kappa shape index (κ1) is 11.2. The van der Waals surface area contributed by atoms with Crippen LogP contribution in [0.2, 0.25) is 0 Å². The lowest BCUT2D eigenvalue weighted by atomic mass is 9.81. The summed E-state index contributed by atoms with van der Waals surface area (Å²) in [5, 5.41) is 9.22. The molecule has 2 heteroatoms. The third-order valence-corrected chi connectivity index (χ3v) is 2.65. The number of benzene rings is 1. The molecule has 1 aromatic rings. The van der Waals surface area contributed by atoms with Gasteiger partial charge in [-0.3, -0.25) is 0 Å². The number of hydrogen-bond acceptors (Lipinski definition) is 2. The summed E-state index contributed by atoms with van der Waals surface area (Å²) in [6.07, 6.45) is 0. The number of aliphatic hydroxyl groups excluding tert-OH is 1. The fourth-order valence-electron chi connectivity index (χ4n) is 1.41. The molecule has 1 aromatic carbocycles. The lowest BCUT2D eigenvalue weighted by molar-refractivity contribution is 0.132. The molecule has 0 aliphatic rings. The molecule has 0 bridgehead atoms. The van der Waals surface area contributed by atoms with Crippen molar-refractivity contribution >= 4 is 0 Å². The molecule has 0 saturated heterocycles. The molecule has 1 atom stereocenters. The van der Waals surface area contributed by atoms with Gasteiger partial charge in [-0.1, -0.05) is 43.7 Å². The highest BCUT2D eigenvalue weighted by atomic mass is 16.3. The van der Waals surface area contributed by atoms with Crippen molar-refractivity contribution in [3.05, 3.63) is 35.4 Å². The first-order chi connectivity index (χ1) is 6.47. The maximum Gasteiger partial charge on any atom is 0.0500 e. The van der Waals surface area contributed by atoms with Gasteiger partial charge in [-0.2, -0.15) is 0 Å². The molecule has 3 N–H and O–H groups in total. The third-order valence-electron chi connectivity index (χ3n) is 2.65. The van der Waals surface area contributed by atoms with Crippen molar-refractivity contribution in [2.24, 2.45) is 11.1 Å². The summed E-state index contributed by atoms with van der Waals surface area (Å²) in [6, 6.07) is 8.00. The molecule has 0 aromatic heterocycles. The van der Waals surface area contributed by atoms with Gasteiger partial charge in [0.15, 0.2) is 0 Å². The Hall–Kier alpha value is -0.860. The minimum Gasteiger partial charge on any atom is -0.396 e. The highest BCUT2D eigenvalue weighted by Crippen LogP contribution is 2.30. The molecule has 0 aliphatic carbocycles. The van der Waals surface area contributed by atoms with E-state index in [1.54, 1.807) is 0 Å². The van der Waals surface area contributed by atoms with Crippen LogP contribution in [0.15, 0.2) is 24.3 Å². The summed E-state index contributed by atoms with van der Waals surface area (Å²) in [5.74, 6) is 0. The van der Waals surface area contributed by atoms with Crippen LogP contribution >= 0.6 is 0 Å². The normalized spacial score (nSPS) is 14.1. The molecule has 1 rings (SSSR count). The summed E-state index contributed by atoms with van der Waals surface area (Å²) >= 11 is 0. The van der Waals surface area contributed by atoms with Crippen molar-refractivity contribution in [1.82, 2.24) is 0 Å². The number of hydrogen-bond donors (Lipinski definition) is 2. The van der Waals surface area contributed by atoms with E-state index in [1.807, 2.05) is 39.0 Å². The summed E-state index contributed by atoms with van der Waals surface area (Å²) in [4.78, 5) is 0. The first-order valence-electron chi connectivity index (χ1n) is 4.90. The molecule has 0 unspecified atom stereocenters. The Morgan fingerprint density at radius 3 is 2.57 bits per heavy atom. The monoisotopic (exact) mass is 193 g/mol. The van der Waals surface area contributed by atoms with Gasteiger partial charge >= 0.3 is 0 Å². The van der Waals surface area contributed by atoms with Gasteiger partial charge < -0.3 is 10.8 Å². The maximum atomic E-state index is 9.22. The Morgan fingerprint density at radius 1 is 1.43 bits per heavy atom. The minimum atomic E-state index is -0.270. The van der Waals surface area contributed by atoms with Gasteiger partial charge in [0.1, 0.15) is 0 Å². The van der Waals surface area contributed by atoms with Crippen molar-refractivity contribution < 1.29 is 5.11 Å². The molecule has 0 fully saturated rings. The molecule has 14 heavy (non-hydrogen) atoms. The molecule has 0 heterocycles. The van der Waals surface area contributed by atoms with Crippen LogP contribution in [-0.2, 0) is 0 Å². The molecule has 78 valence electrons. The number of nitrogens with two attached hydrogens (primary N) is 1. The highest BCUT2D eigenvalue weighted by molar-refractivity contribution is 5.26. The average Bonchev–Trinajstić information content (AvgIpc) is 2.16. The van der Waals surface area contributed by atoms with Crippen LogP contribution in [0.5, 0.6) is 0 Å². The average molecular weight is 193 g/mol. The van der Waals surface area contributed by atoms with Gasteiger partial charge in [-0.25, -0.2) is 0 Å². The number of rotatable bonds is 3. The largest absolute Gasteiger partial charge is 0.396 e. The van der Waals surface area contributed by atoms with Gasteiger partial charge in [-0.15, -0.1) is 0 Å². The zero-order valence-corrected chi connectivity index (χ0v) is 9.12. The van der Waals surface area contributed by atoms with E-state index >= 15 is 0 Å². The van der Waals surface area contributed by atoms with Crippen LogP contribution in [0.4, 0.5) is 0 Å². The van der Waals surface area contributed by atoms with Crippen molar-refractivity contribution in [2.75, 3.05) is 6.61 Å². The van der Waals surface area contributed by atoms with Crippen LogP contribution in [0.3, 0.4) is 0 Å². The van der Waals surface area contributed by atoms with Gasteiger partial charge in [0.25, 0.3) is 0 Å². The Labute approximate surface area is 85.8 Å². The molecule has 0 radical (unpaired) electrons. The van der Waals surface area contributed by atoms with Gasteiger partial charge in [0.2, 0.25) is 0 Å². The topological polar surface area (TPSA) is 46.2 Å².